The lowest BCUT2D eigenvalue weighted by Gasteiger charge is -2.28. The Hall–Kier alpha value is -2.41. The number of benzene rings is 2. The molecule has 0 unspecified atom stereocenters. The maximum Gasteiger partial charge on any atom is 0.248 e. The molecule has 1 N–H and O–H groups in total. The summed E-state index contributed by atoms with van der Waals surface area (Å²) in [6.07, 6.45) is 1.66. The maximum atomic E-state index is 14.1. The Morgan fingerprint density at radius 1 is 1.16 bits per heavy atom. The Balaban J connectivity index is 2.36. The highest BCUT2D eigenvalue weighted by Gasteiger charge is 2.31. The molecule has 0 radical (unpaired) electrons. The minimum Gasteiger partial charge on any atom is -0.324 e. The predicted octanol–water partition coefficient (Wildman–Crippen LogP) is 3.18. The molecule has 0 aliphatic heterocycles. The van der Waals surface area contributed by atoms with Crippen molar-refractivity contribution in [3.8, 4) is 0 Å². The van der Waals surface area contributed by atoms with Crippen molar-refractivity contribution in [3.05, 3.63) is 59.9 Å². The third-order valence-corrected chi connectivity index (χ3v) is 5.06. The van der Waals surface area contributed by atoms with Gasteiger partial charge in [-0.3, -0.25) is 9.10 Å². The molecule has 7 heteroatoms. The highest BCUT2D eigenvalue weighted by atomic mass is 32.2. The molecule has 2 aromatic carbocycles. The van der Waals surface area contributed by atoms with Crippen LogP contribution in [0.1, 0.15) is 19.4 Å². The molecule has 0 aliphatic carbocycles. The second-order valence-corrected chi connectivity index (χ2v) is 7.55. The molecule has 0 bridgehead atoms. The van der Waals surface area contributed by atoms with Crippen molar-refractivity contribution in [2.45, 2.75) is 26.3 Å². The fourth-order valence-corrected chi connectivity index (χ4v) is 3.77. The highest BCUT2D eigenvalue weighted by Crippen LogP contribution is 2.25. The van der Waals surface area contributed by atoms with Crippen LogP contribution in [0.5, 0.6) is 0 Å². The summed E-state index contributed by atoms with van der Waals surface area (Å²) in [6, 6.07) is 11.6. The molecule has 1 amide bonds. The second kappa shape index (κ2) is 7.65. The number of para-hydroxylation sites is 2. The van der Waals surface area contributed by atoms with Crippen molar-refractivity contribution in [2.24, 2.45) is 0 Å². The van der Waals surface area contributed by atoms with Gasteiger partial charge < -0.3 is 5.32 Å². The van der Waals surface area contributed by atoms with E-state index in [0.29, 0.717) is 12.1 Å². The summed E-state index contributed by atoms with van der Waals surface area (Å²) in [5.41, 5.74) is 1.39. The molecule has 0 spiro atoms. The number of anilines is 2. The van der Waals surface area contributed by atoms with Crippen LogP contribution in [0.15, 0.2) is 48.5 Å². The van der Waals surface area contributed by atoms with E-state index in [1.807, 2.05) is 19.1 Å². The van der Waals surface area contributed by atoms with Crippen LogP contribution in [0.25, 0.3) is 0 Å². The Labute approximate surface area is 147 Å². The van der Waals surface area contributed by atoms with E-state index in [0.717, 1.165) is 22.2 Å². The molecule has 134 valence electrons. The summed E-state index contributed by atoms with van der Waals surface area (Å²) in [6.45, 7) is 3.38. The Morgan fingerprint density at radius 2 is 1.76 bits per heavy atom. The Bertz CT molecular complexity index is 868. The number of carbonyl (C=O) groups is 1. The number of hydrogen-bond donors (Lipinski definition) is 1. The zero-order valence-corrected chi connectivity index (χ0v) is 15.2. The van der Waals surface area contributed by atoms with Crippen LogP contribution in [0, 0.1) is 5.82 Å². The van der Waals surface area contributed by atoms with Crippen LogP contribution in [0.4, 0.5) is 15.8 Å². The quantitative estimate of drug-likeness (QED) is 0.856. The third-order valence-electron chi connectivity index (χ3n) is 3.83. The van der Waals surface area contributed by atoms with Crippen molar-refractivity contribution < 1.29 is 17.6 Å². The average Bonchev–Trinajstić information content (AvgIpc) is 2.56. The van der Waals surface area contributed by atoms with Gasteiger partial charge >= 0.3 is 0 Å². The van der Waals surface area contributed by atoms with Crippen molar-refractivity contribution in [1.82, 2.24) is 0 Å². The van der Waals surface area contributed by atoms with Crippen molar-refractivity contribution in [3.63, 3.8) is 0 Å². The molecule has 0 aromatic heterocycles. The molecule has 5 nitrogen and oxygen atoms in total. The van der Waals surface area contributed by atoms with Crippen molar-refractivity contribution >= 4 is 27.3 Å². The normalized spacial score (nSPS) is 12.5. The molecule has 0 saturated carbocycles. The molecule has 25 heavy (non-hydrogen) atoms. The van der Waals surface area contributed by atoms with E-state index < -0.39 is 27.8 Å². The van der Waals surface area contributed by atoms with Crippen LogP contribution in [-0.4, -0.2) is 26.6 Å². The first kappa shape index (κ1) is 18.9. The number of nitrogens with one attached hydrogen (secondary N) is 1. The zero-order valence-electron chi connectivity index (χ0n) is 14.4. The first-order valence-electron chi connectivity index (χ1n) is 7.88. The van der Waals surface area contributed by atoms with Crippen LogP contribution in [0.3, 0.4) is 0 Å². The molecule has 2 rings (SSSR count). The van der Waals surface area contributed by atoms with Crippen LogP contribution in [0.2, 0.25) is 0 Å². The van der Waals surface area contributed by atoms with E-state index in [1.165, 1.54) is 25.1 Å². The van der Waals surface area contributed by atoms with Gasteiger partial charge in [0.2, 0.25) is 15.9 Å². The fraction of sp³-hybridized carbons (Fsp3) is 0.278. The fourth-order valence-electron chi connectivity index (χ4n) is 2.60. The zero-order chi connectivity index (χ0) is 18.6. The number of amides is 1. The average molecular weight is 364 g/mol. The summed E-state index contributed by atoms with van der Waals surface area (Å²) in [7, 11) is -3.86. The van der Waals surface area contributed by atoms with E-state index in [2.05, 4.69) is 5.32 Å². The molecule has 0 aliphatic rings. The lowest BCUT2D eigenvalue weighted by molar-refractivity contribution is -0.116. The predicted molar refractivity (Wildman–Crippen MR) is 97.6 cm³/mol. The number of carbonyl (C=O) groups excluding carboxylic acids is 1. The number of nitrogens with zero attached hydrogens (tertiary/aromatic N) is 1. The van der Waals surface area contributed by atoms with E-state index in [9.17, 15) is 17.6 Å². The summed E-state index contributed by atoms with van der Waals surface area (Å²) >= 11 is 0. The van der Waals surface area contributed by atoms with Gasteiger partial charge in [-0.1, -0.05) is 37.3 Å². The summed E-state index contributed by atoms with van der Waals surface area (Å²) in [4.78, 5) is 12.6. The number of sulfonamides is 1. The topological polar surface area (TPSA) is 66.5 Å². The smallest absolute Gasteiger partial charge is 0.248 e. The Kier molecular flexibility index (Phi) is 5.79. The van der Waals surface area contributed by atoms with E-state index in [4.69, 9.17) is 0 Å². The molecule has 2 aromatic rings. The first-order valence-corrected chi connectivity index (χ1v) is 9.73. The lowest BCUT2D eigenvalue weighted by atomic mass is 10.1. The highest BCUT2D eigenvalue weighted by molar-refractivity contribution is 7.92. The summed E-state index contributed by atoms with van der Waals surface area (Å²) in [5.74, 6) is -1.24. The second-order valence-electron chi connectivity index (χ2n) is 5.69. The van der Waals surface area contributed by atoms with Crippen molar-refractivity contribution in [2.75, 3.05) is 15.9 Å². The lowest BCUT2D eigenvalue weighted by Crippen LogP contribution is -2.45. The first-order chi connectivity index (χ1) is 11.8. The van der Waals surface area contributed by atoms with Gasteiger partial charge in [0.05, 0.1) is 11.9 Å². The monoisotopic (exact) mass is 364 g/mol. The van der Waals surface area contributed by atoms with Crippen molar-refractivity contribution in [1.29, 1.82) is 0 Å². The van der Waals surface area contributed by atoms with E-state index in [1.54, 1.807) is 12.1 Å². The molecule has 1 atom stereocenters. The minimum atomic E-state index is -3.86. The van der Waals surface area contributed by atoms with Gasteiger partial charge in [-0.2, -0.15) is 0 Å². The number of rotatable bonds is 6. The van der Waals surface area contributed by atoms with Crippen LogP contribution in [-0.2, 0) is 21.2 Å². The molecular formula is C18H21FN2O3S. The number of halogens is 1. The summed E-state index contributed by atoms with van der Waals surface area (Å²) < 4.78 is 39.3. The van der Waals surface area contributed by atoms with Crippen LogP contribution >= 0.6 is 0 Å². The van der Waals surface area contributed by atoms with Gasteiger partial charge in [0, 0.05) is 5.69 Å². The van der Waals surface area contributed by atoms with Gasteiger partial charge in [0.1, 0.15) is 11.9 Å². The maximum absolute atomic E-state index is 14.1. The van der Waals surface area contributed by atoms with Gasteiger partial charge in [-0.25, -0.2) is 12.8 Å². The van der Waals surface area contributed by atoms with Gasteiger partial charge in [0.15, 0.2) is 0 Å². The third kappa shape index (κ3) is 4.36. The van der Waals surface area contributed by atoms with E-state index >= 15 is 0 Å². The SMILES string of the molecule is CCc1ccccc1NC(=O)[C@H](C)N(c1ccccc1F)S(C)(=O)=O. The largest absolute Gasteiger partial charge is 0.324 e. The van der Waals surface area contributed by atoms with Gasteiger partial charge in [-0.15, -0.1) is 0 Å². The molecular weight excluding hydrogens is 343 g/mol. The molecule has 0 saturated heterocycles. The van der Waals surface area contributed by atoms with E-state index in [-0.39, 0.29) is 5.69 Å². The van der Waals surface area contributed by atoms with Gasteiger partial charge in [0.25, 0.3) is 0 Å². The number of hydrogen-bond acceptors (Lipinski definition) is 3. The van der Waals surface area contributed by atoms with Gasteiger partial charge in [-0.05, 0) is 37.1 Å². The summed E-state index contributed by atoms with van der Waals surface area (Å²) in [5, 5.41) is 2.74. The molecule has 0 fully saturated rings. The van der Waals surface area contributed by atoms with Crippen LogP contribution < -0.4 is 9.62 Å². The minimum absolute atomic E-state index is 0.156. The Morgan fingerprint density at radius 3 is 2.36 bits per heavy atom. The number of aryl methyl sites for hydroxylation is 1. The standard InChI is InChI=1S/C18H21FN2O3S/c1-4-14-9-5-7-11-16(14)20-18(22)13(2)21(25(3,23)24)17-12-8-6-10-15(17)19/h5-13H,4H2,1-3H3,(H,20,22)/t13-/m0/s1. The molecule has 0 heterocycles.